The predicted molar refractivity (Wildman–Crippen MR) is 97.0 cm³/mol. The topological polar surface area (TPSA) is 88.3 Å². The van der Waals surface area contributed by atoms with E-state index in [0.717, 1.165) is 11.1 Å². The molecule has 1 amide bonds. The van der Waals surface area contributed by atoms with Crippen LogP contribution in [0, 0.1) is 0 Å². The maximum Gasteiger partial charge on any atom is 0.413 e. The van der Waals surface area contributed by atoms with Crippen LogP contribution >= 0.6 is 11.6 Å². The van der Waals surface area contributed by atoms with Gasteiger partial charge in [-0.15, -0.1) is 0 Å². The molecule has 0 aliphatic carbocycles. The summed E-state index contributed by atoms with van der Waals surface area (Å²) in [4.78, 5) is 11.8. The van der Waals surface area contributed by atoms with Gasteiger partial charge in [0.25, 0.3) is 0 Å². The molecule has 2 aromatic rings. The van der Waals surface area contributed by atoms with E-state index in [1.165, 1.54) is 0 Å². The van der Waals surface area contributed by atoms with Crippen molar-refractivity contribution in [1.82, 2.24) is 15.5 Å². The summed E-state index contributed by atoms with van der Waals surface area (Å²) in [6.45, 7) is 6.55. The van der Waals surface area contributed by atoms with Crippen molar-refractivity contribution in [2.75, 3.05) is 12.4 Å². The van der Waals surface area contributed by atoms with Crippen molar-refractivity contribution in [2.45, 2.75) is 39.5 Å². The highest BCUT2D eigenvalue weighted by molar-refractivity contribution is 6.32. The molecule has 3 N–H and O–H groups in total. The standard InChI is InChI=1S/C17H23ClN4O3/c1-17(2,3)25-16(23)21-15-12(10-20-22-15)9-19-8-11-5-6-14(24-4)13(18)7-11/h5-7,10,19H,8-9H2,1-4H3,(H2,20,21,22,23). The summed E-state index contributed by atoms with van der Waals surface area (Å²) in [5.74, 6) is 1.15. The molecule has 1 aromatic heterocycles. The zero-order chi connectivity index (χ0) is 18.4. The average Bonchev–Trinajstić information content (AvgIpc) is 2.92. The van der Waals surface area contributed by atoms with Crippen molar-refractivity contribution in [2.24, 2.45) is 0 Å². The summed E-state index contributed by atoms with van der Waals surface area (Å²) in [7, 11) is 1.58. The normalized spacial score (nSPS) is 11.2. The van der Waals surface area contributed by atoms with E-state index in [-0.39, 0.29) is 0 Å². The van der Waals surface area contributed by atoms with E-state index in [9.17, 15) is 4.79 Å². The predicted octanol–water partition coefficient (Wildman–Crippen LogP) is 3.71. The summed E-state index contributed by atoms with van der Waals surface area (Å²) in [6.07, 6.45) is 1.13. The van der Waals surface area contributed by atoms with Gasteiger partial charge in [0.05, 0.1) is 18.3 Å². The number of aromatic nitrogens is 2. The molecule has 136 valence electrons. The van der Waals surface area contributed by atoms with Crippen LogP contribution in [-0.4, -0.2) is 29.0 Å². The van der Waals surface area contributed by atoms with Crippen LogP contribution in [0.25, 0.3) is 0 Å². The number of carbonyl (C=O) groups is 1. The molecule has 0 spiro atoms. The molecular weight excluding hydrogens is 344 g/mol. The van der Waals surface area contributed by atoms with Crippen molar-refractivity contribution < 1.29 is 14.3 Å². The fourth-order valence-corrected chi connectivity index (χ4v) is 2.40. The summed E-state index contributed by atoms with van der Waals surface area (Å²) in [6, 6.07) is 5.61. The molecule has 2 rings (SSSR count). The summed E-state index contributed by atoms with van der Waals surface area (Å²) < 4.78 is 10.4. The number of nitrogens with zero attached hydrogens (tertiary/aromatic N) is 1. The van der Waals surface area contributed by atoms with Crippen molar-refractivity contribution in [3.63, 3.8) is 0 Å². The number of halogens is 1. The van der Waals surface area contributed by atoms with Gasteiger partial charge in [0, 0.05) is 18.7 Å². The van der Waals surface area contributed by atoms with Gasteiger partial charge in [-0.3, -0.25) is 10.4 Å². The fraction of sp³-hybridized carbons (Fsp3) is 0.412. The molecule has 0 unspecified atom stereocenters. The first-order valence-electron chi connectivity index (χ1n) is 7.84. The molecule has 1 aromatic carbocycles. The van der Waals surface area contributed by atoms with Crippen molar-refractivity contribution in [3.8, 4) is 5.75 Å². The SMILES string of the molecule is COc1ccc(CNCc2cn[nH]c2NC(=O)OC(C)(C)C)cc1Cl. The van der Waals surface area contributed by atoms with E-state index in [0.29, 0.717) is 29.7 Å². The number of rotatable bonds is 6. The van der Waals surface area contributed by atoms with Gasteiger partial charge in [-0.25, -0.2) is 4.79 Å². The Bertz CT molecular complexity index is 725. The number of hydrogen-bond donors (Lipinski definition) is 3. The van der Waals surface area contributed by atoms with Gasteiger partial charge in [0.2, 0.25) is 0 Å². The Morgan fingerprint density at radius 2 is 2.08 bits per heavy atom. The Morgan fingerprint density at radius 3 is 2.72 bits per heavy atom. The number of carbonyl (C=O) groups excluding carboxylic acids is 1. The maximum atomic E-state index is 11.8. The Balaban J connectivity index is 1.89. The van der Waals surface area contributed by atoms with Gasteiger partial charge < -0.3 is 14.8 Å². The Kier molecular flexibility index (Phi) is 6.27. The number of ether oxygens (including phenoxy) is 2. The lowest BCUT2D eigenvalue weighted by Gasteiger charge is -2.19. The maximum absolute atomic E-state index is 11.8. The lowest BCUT2D eigenvalue weighted by Crippen LogP contribution is -2.27. The Morgan fingerprint density at radius 1 is 1.32 bits per heavy atom. The van der Waals surface area contributed by atoms with E-state index in [4.69, 9.17) is 21.1 Å². The van der Waals surface area contributed by atoms with E-state index in [1.54, 1.807) is 13.3 Å². The van der Waals surface area contributed by atoms with Crippen LogP contribution in [-0.2, 0) is 17.8 Å². The van der Waals surface area contributed by atoms with Crippen LogP contribution in [0.4, 0.5) is 10.6 Å². The molecule has 8 heteroatoms. The van der Waals surface area contributed by atoms with Crippen LogP contribution in [0.5, 0.6) is 5.75 Å². The molecule has 7 nitrogen and oxygen atoms in total. The first-order chi connectivity index (χ1) is 11.8. The number of hydrogen-bond acceptors (Lipinski definition) is 5. The monoisotopic (exact) mass is 366 g/mol. The second kappa shape index (κ2) is 8.22. The third-order valence-corrected chi connectivity index (χ3v) is 3.50. The fourth-order valence-electron chi connectivity index (χ4n) is 2.12. The third-order valence-electron chi connectivity index (χ3n) is 3.20. The van der Waals surface area contributed by atoms with E-state index in [1.807, 2.05) is 39.0 Å². The van der Waals surface area contributed by atoms with Crippen molar-refractivity contribution in [1.29, 1.82) is 0 Å². The average molecular weight is 367 g/mol. The minimum absolute atomic E-state index is 0.509. The molecule has 0 atom stereocenters. The van der Waals surface area contributed by atoms with Gasteiger partial charge in [0.1, 0.15) is 17.2 Å². The van der Waals surface area contributed by atoms with Crippen LogP contribution in [0.1, 0.15) is 31.9 Å². The van der Waals surface area contributed by atoms with E-state index < -0.39 is 11.7 Å². The summed E-state index contributed by atoms with van der Waals surface area (Å²) >= 11 is 6.11. The second-order valence-electron chi connectivity index (χ2n) is 6.47. The smallest absolute Gasteiger partial charge is 0.413 e. The highest BCUT2D eigenvalue weighted by Crippen LogP contribution is 2.24. The molecule has 0 aliphatic rings. The molecule has 1 heterocycles. The van der Waals surface area contributed by atoms with Gasteiger partial charge >= 0.3 is 6.09 Å². The summed E-state index contributed by atoms with van der Waals surface area (Å²) in [5, 5.41) is 13.2. The molecular formula is C17H23ClN4O3. The Hall–Kier alpha value is -2.25. The van der Waals surface area contributed by atoms with Crippen molar-refractivity contribution >= 4 is 23.5 Å². The minimum Gasteiger partial charge on any atom is -0.495 e. The number of anilines is 1. The largest absolute Gasteiger partial charge is 0.495 e. The molecule has 0 fully saturated rings. The van der Waals surface area contributed by atoms with Crippen LogP contribution in [0.2, 0.25) is 5.02 Å². The summed E-state index contributed by atoms with van der Waals surface area (Å²) in [5.41, 5.74) is 1.29. The number of amides is 1. The number of aromatic amines is 1. The van der Waals surface area contributed by atoms with Crippen molar-refractivity contribution in [3.05, 3.63) is 40.5 Å². The van der Waals surface area contributed by atoms with Gasteiger partial charge in [-0.2, -0.15) is 5.10 Å². The third kappa shape index (κ3) is 5.95. The van der Waals surface area contributed by atoms with Crippen LogP contribution in [0.3, 0.4) is 0 Å². The van der Waals surface area contributed by atoms with Gasteiger partial charge in [-0.1, -0.05) is 17.7 Å². The first-order valence-corrected chi connectivity index (χ1v) is 8.21. The molecule has 0 bridgehead atoms. The van der Waals surface area contributed by atoms with Gasteiger partial charge in [0.15, 0.2) is 0 Å². The highest BCUT2D eigenvalue weighted by atomic mass is 35.5. The lowest BCUT2D eigenvalue weighted by molar-refractivity contribution is 0.0635. The number of benzene rings is 1. The lowest BCUT2D eigenvalue weighted by atomic mass is 10.2. The number of methoxy groups -OCH3 is 1. The highest BCUT2D eigenvalue weighted by Gasteiger charge is 2.17. The number of H-pyrrole nitrogens is 1. The molecule has 25 heavy (non-hydrogen) atoms. The second-order valence-corrected chi connectivity index (χ2v) is 6.88. The molecule has 0 aliphatic heterocycles. The first kappa shape index (κ1) is 19.1. The van der Waals surface area contributed by atoms with E-state index in [2.05, 4.69) is 20.8 Å². The molecule has 0 saturated carbocycles. The number of nitrogens with one attached hydrogen (secondary N) is 3. The quantitative estimate of drug-likeness (QED) is 0.725. The molecule has 0 radical (unpaired) electrons. The zero-order valence-corrected chi connectivity index (χ0v) is 15.5. The minimum atomic E-state index is -0.559. The zero-order valence-electron chi connectivity index (χ0n) is 14.8. The van der Waals surface area contributed by atoms with Crippen LogP contribution < -0.4 is 15.4 Å². The Labute approximate surface area is 152 Å². The van der Waals surface area contributed by atoms with E-state index >= 15 is 0 Å². The van der Waals surface area contributed by atoms with Crippen LogP contribution in [0.15, 0.2) is 24.4 Å². The van der Waals surface area contributed by atoms with Gasteiger partial charge in [-0.05, 0) is 38.5 Å². The molecule has 0 saturated heterocycles.